The maximum atomic E-state index is 11.4. The summed E-state index contributed by atoms with van der Waals surface area (Å²) in [6, 6.07) is 0. The molecule has 0 radical (unpaired) electrons. The molecule has 0 fully saturated rings. The molecule has 0 rings (SSSR count). The van der Waals surface area contributed by atoms with Crippen molar-refractivity contribution in [1.82, 2.24) is 5.32 Å². The molecule has 0 bridgehead atoms. The van der Waals surface area contributed by atoms with Gasteiger partial charge in [0.2, 0.25) is 0 Å². The van der Waals surface area contributed by atoms with E-state index in [-0.39, 0.29) is 42.5 Å². The molecule has 0 saturated carbocycles. The number of unbranched alkanes of at least 4 members (excludes halogenated alkanes) is 10. The van der Waals surface area contributed by atoms with Crippen LogP contribution in [0.3, 0.4) is 0 Å². The molecule has 140 valence electrons. The van der Waals surface area contributed by atoms with E-state index in [4.69, 9.17) is 0 Å². The van der Waals surface area contributed by atoms with Crippen molar-refractivity contribution in [2.75, 3.05) is 13.1 Å². The molecule has 0 saturated heterocycles. The molecule has 0 aliphatic heterocycles. The van der Waals surface area contributed by atoms with E-state index in [2.05, 4.69) is 17.0 Å². The van der Waals surface area contributed by atoms with Gasteiger partial charge in [-0.3, -0.25) is 9.59 Å². The van der Waals surface area contributed by atoms with Crippen LogP contribution in [0.4, 0.5) is 0 Å². The summed E-state index contributed by atoms with van der Waals surface area (Å²) in [4.78, 5) is 32.8. The first kappa shape index (κ1) is 26.8. The van der Waals surface area contributed by atoms with Gasteiger partial charge in [0.05, 0.1) is 12.5 Å². The number of carbonyl (C=O) groups excluding carboxylic acids is 3. The monoisotopic (exact) mass is 365 g/mol. The van der Waals surface area contributed by atoms with Gasteiger partial charge in [-0.15, -0.1) is 0 Å². The third kappa shape index (κ3) is 21.5. The van der Waals surface area contributed by atoms with Gasteiger partial charge in [0.1, 0.15) is 0 Å². The van der Waals surface area contributed by atoms with Crippen LogP contribution in [-0.2, 0) is 19.1 Å². The molecule has 0 unspecified atom stereocenters. The molecular formula is C18H32NNaO5. The number of ether oxygens (including phenoxy) is 1. The molecule has 0 aromatic heterocycles. The fraction of sp³-hybridized carbons (Fsp3) is 0.833. The molecule has 0 aromatic rings. The summed E-state index contributed by atoms with van der Waals surface area (Å²) in [6.07, 6.45) is 13.4. The smallest absolute Gasteiger partial charge is 0.549 e. The van der Waals surface area contributed by atoms with E-state index in [1.807, 2.05) is 0 Å². The number of carboxylic acids is 1. The molecular weight excluding hydrogens is 333 g/mol. The molecule has 0 aromatic carbocycles. The van der Waals surface area contributed by atoms with Crippen LogP contribution in [0.5, 0.6) is 0 Å². The molecule has 1 N–H and O–H groups in total. The Kier molecular flexibility index (Phi) is 21.3. The van der Waals surface area contributed by atoms with Gasteiger partial charge < -0.3 is 20.0 Å². The molecule has 0 aliphatic carbocycles. The van der Waals surface area contributed by atoms with Gasteiger partial charge in [-0.25, -0.2) is 0 Å². The molecule has 0 atom stereocenters. The normalized spacial score (nSPS) is 10.1. The van der Waals surface area contributed by atoms with Crippen LogP contribution in [-0.4, -0.2) is 31.0 Å². The Hall–Kier alpha value is -0.430. The first-order valence-corrected chi connectivity index (χ1v) is 9.20. The van der Waals surface area contributed by atoms with Gasteiger partial charge in [-0.05, 0) is 6.42 Å². The fourth-order valence-corrected chi connectivity index (χ4v) is 2.41. The minimum atomic E-state index is -1.31. The van der Waals surface area contributed by atoms with Gasteiger partial charge in [-0.1, -0.05) is 71.1 Å². The first-order valence-electron chi connectivity index (χ1n) is 9.20. The maximum absolute atomic E-state index is 11.4. The van der Waals surface area contributed by atoms with Gasteiger partial charge in [-0.2, -0.15) is 0 Å². The third-order valence-corrected chi connectivity index (χ3v) is 3.75. The summed E-state index contributed by atoms with van der Waals surface area (Å²) in [7, 11) is 0. The summed E-state index contributed by atoms with van der Waals surface area (Å²) < 4.78 is 4.57. The minimum Gasteiger partial charge on any atom is -0.549 e. The SMILES string of the molecule is CCCCCCCCCCCCCC(=O)OC(=O)CNCC(=O)[O-].[Na+]. The van der Waals surface area contributed by atoms with Crippen molar-refractivity contribution in [2.45, 2.75) is 84.0 Å². The Morgan fingerprint density at radius 2 is 1.24 bits per heavy atom. The summed E-state index contributed by atoms with van der Waals surface area (Å²) in [5.41, 5.74) is 0. The van der Waals surface area contributed by atoms with Crippen molar-refractivity contribution >= 4 is 17.9 Å². The Balaban J connectivity index is 0. The second-order valence-corrected chi connectivity index (χ2v) is 6.11. The van der Waals surface area contributed by atoms with Crippen molar-refractivity contribution in [3.63, 3.8) is 0 Å². The van der Waals surface area contributed by atoms with E-state index < -0.39 is 24.5 Å². The Bertz CT molecular complexity index is 363. The van der Waals surface area contributed by atoms with E-state index in [0.717, 1.165) is 19.3 Å². The zero-order valence-corrected chi connectivity index (χ0v) is 17.9. The summed E-state index contributed by atoms with van der Waals surface area (Å²) >= 11 is 0. The number of esters is 2. The van der Waals surface area contributed by atoms with E-state index in [0.29, 0.717) is 0 Å². The summed E-state index contributed by atoms with van der Waals surface area (Å²) in [6.45, 7) is 1.47. The average Bonchev–Trinajstić information content (AvgIpc) is 2.52. The molecule has 0 amide bonds. The quantitative estimate of drug-likeness (QED) is 0.165. The number of carbonyl (C=O) groups is 3. The zero-order chi connectivity index (χ0) is 18.0. The van der Waals surface area contributed by atoms with Gasteiger partial charge in [0.15, 0.2) is 0 Å². The third-order valence-electron chi connectivity index (χ3n) is 3.75. The summed E-state index contributed by atoms with van der Waals surface area (Å²) in [5.74, 6) is -2.62. The number of rotatable bonds is 16. The number of aliphatic carboxylic acids is 1. The Labute approximate surface area is 173 Å². The van der Waals surface area contributed by atoms with Crippen LogP contribution in [0.2, 0.25) is 0 Å². The summed E-state index contributed by atoms with van der Waals surface area (Å²) in [5, 5.41) is 12.5. The number of carboxylic acid groups (broad SMARTS) is 1. The van der Waals surface area contributed by atoms with Gasteiger partial charge in [0, 0.05) is 13.0 Å². The topological polar surface area (TPSA) is 95.5 Å². The Morgan fingerprint density at radius 1 is 0.760 bits per heavy atom. The minimum absolute atomic E-state index is 0. The van der Waals surface area contributed by atoms with E-state index in [9.17, 15) is 19.5 Å². The number of nitrogens with one attached hydrogen (secondary N) is 1. The van der Waals surface area contributed by atoms with Crippen LogP contribution in [0.1, 0.15) is 84.0 Å². The second-order valence-electron chi connectivity index (χ2n) is 6.11. The van der Waals surface area contributed by atoms with E-state index in [1.54, 1.807) is 0 Å². The zero-order valence-electron chi connectivity index (χ0n) is 15.9. The van der Waals surface area contributed by atoms with Crippen LogP contribution >= 0.6 is 0 Å². The van der Waals surface area contributed by atoms with Crippen molar-refractivity contribution in [3.8, 4) is 0 Å². The van der Waals surface area contributed by atoms with Crippen molar-refractivity contribution in [2.24, 2.45) is 0 Å². The van der Waals surface area contributed by atoms with E-state index in [1.165, 1.54) is 51.4 Å². The molecule has 0 spiro atoms. The van der Waals surface area contributed by atoms with Gasteiger partial charge >= 0.3 is 41.5 Å². The van der Waals surface area contributed by atoms with Crippen molar-refractivity contribution in [3.05, 3.63) is 0 Å². The predicted octanol–water partition coefficient (Wildman–Crippen LogP) is -0.899. The fourth-order valence-electron chi connectivity index (χ4n) is 2.41. The van der Waals surface area contributed by atoms with Gasteiger partial charge in [0.25, 0.3) is 0 Å². The number of hydrogen-bond acceptors (Lipinski definition) is 6. The molecule has 0 aliphatic rings. The average molecular weight is 365 g/mol. The van der Waals surface area contributed by atoms with Crippen LogP contribution < -0.4 is 40.0 Å². The van der Waals surface area contributed by atoms with Crippen LogP contribution in [0.15, 0.2) is 0 Å². The first-order chi connectivity index (χ1) is 11.6. The maximum Gasteiger partial charge on any atom is 1.00 e. The largest absolute Gasteiger partial charge is 1.00 e. The second kappa shape index (κ2) is 19.9. The van der Waals surface area contributed by atoms with Crippen LogP contribution in [0.25, 0.3) is 0 Å². The Morgan fingerprint density at radius 3 is 1.72 bits per heavy atom. The van der Waals surface area contributed by atoms with E-state index >= 15 is 0 Å². The van der Waals surface area contributed by atoms with Crippen LogP contribution in [0, 0.1) is 0 Å². The molecule has 6 nitrogen and oxygen atoms in total. The van der Waals surface area contributed by atoms with Crippen molar-refractivity contribution in [1.29, 1.82) is 0 Å². The molecule has 25 heavy (non-hydrogen) atoms. The predicted molar refractivity (Wildman–Crippen MR) is 90.1 cm³/mol. The standard InChI is InChI=1S/C18H33NO5.Na/c1-2-3-4-5-6-7-8-9-10-11-12-13-17(22)24-18(23)15-19-14-16(20)21;/h19H,2-15H2,1H3,(H,20,21);/q;+1/p-1. The molecule has 7 heteroatoms. The molecule has 0 heterocycles. The number of hydrogen-bond donors (Lipinski definition) is 1. The van der Waals surface area contributed by atoms with Crippen molar-refractivity contribution < 1.29 is 53.8 Å².